The van der Waals surface area contributed by atoms with Crippen molar-refractivity contribution in [2.75, 3.05) is 13.1 Å². The minimum atomic E-state index is 0. The van der Waals surface area contributed by atoms with Gasteiger partial charge in [-0.15, -0.1) is 12.4 Å². The van der Waals surface area contributed by atoms with Crippen molar-refractivity contribution in [3.8, 4) is 0 Å². The highest BCUT2D eigenvalue weighted by Crippen LogP contribution is 2.58. The minimum Gasteiger partial charge on any atom is -0.353 e. The summed E-state index contributed by atoms with van der Waals surface area (Å²) >= 11 is 0. The van der Waals surface area contributed by atoms with E-state index in [-0.39, 0.29) is 12.4 Å². The first-order valence-electron chi connectivity index (χ1n) is 8.13. The predicted molar refractivity (Wildman–Crippen MR) is 84.0 cm³/mol. The third-order valence-corrected chi connectivity index (χ3v) is 6.14. The Bertz CT molecular complexity index is 354. The van der Waals surface area contributed by atoms with Crippen LogP contribution in [0.25, 0.3) is 0 Å². The largest absolute Gasteiger partial charge is 0.353 e. The van der Waals surface area contributed by atoms with E-state index in [9.17, 15) is 4.79 Å². The number of halogens is 1. The average Bonchev–Trinajstić information content (AvgIpc) is 3.09. The van der Waals surface area contributed by atoms with Gasteiger partial charge in [0.05, 0.1) is 0 Å². The number of rotatable bonds is 2. The molecule has 0 bridgehead atoms. The Morgan fingerprint density at radius 1 is 1.20 bits per heavy atom. The molecule has 20 heavy (non-hydrogen) atoms. The summed E-state index contributed by atoms with van der Waals surface area (Å²) in [5.74, 6) is 2.07. The molecule has 3 aliphatic rings. The van der Waals surface area contributed by atoms with E-state index in [1.807, 2.05) is 0 Å². The van der Waals surface area contributed by atoms with Crippen LogP contribution in [0.2, 0.25) is 0 Å². The molecule has 2 N–H and O–H groups in total. The molecule has 4 atom stereocenters. The molecule has 3 fully saturated rings. The van der Waals surface area contributed by atoms with Gasteiger partial charge in [0.1, 0.15) is 0 Å². The Labute approximate surface area is 129 Å². The van der Waals surface area contributed by atoms with E-state index < -0.39 is 0 Å². The lowest BCUT2D eigenvalue weighted by atomic mass is 9.78. The summed E-state index contributed by atoms with van der Waals surface area (Å²) in [6.07, 6.45) is 7.31. The molecule has 2 aliphatic carbocycles. The molecule has 0 radical (unpaired) electrons. The first kappa shape index (κ1) is 16.1. The van der Waals surface area contributed by atoms with E-state index in [1.165, 1.54) is 32.1 Å². The molecule has 116 valence electrons. The molecular formula is C16H29ClN2O. The summed E-state index contributed by atoms with van der Waals surface area (Å²) in [5, 5.41) is 6.78. The molecule has 1 saturated heterocycles. The number of hydrogen-bond acceptors (Lipinski definition) is 2. The molecule has 1 spiro atoms. The SMILES string of the molecule is CC1CCCC(NC(=O)C2CC23CCNCC3)C1C.Cl. The summed E-state index contributed by atoms with van der Waals surface area (Å²) in [7, 11) is 0. The molecule has 3 rings (SSSR count). The Hall–Kier alpha value is -0.280. The van der Waals surface area contributed by atoms with Gasteiger partial charge >= 0.3 is 0 Å². The van der Waals surface area contributed by atoms with Crippen LogP contribution < -0.4 is 10.6 Å². The van der Waals surface area contributed by atoms with Crippen molar-refractivity contribution in [2.45, 2.75) is 58.4 Å². The molecule has 4 heteroatoms. The maximum Gasteiger partial charge on any atom is 0.223 e. The van der Waals surface area contributed by atoms with Crippen LogP contribution in [0.5, 0.6) is 0 Å². The number of carbonyl (C=O) groups is 1. The van der Waals surface area contributed by atoms with Crippen molar-refractivity contribution in [3.05, 3.63) is 0 Å². The third kappa shape index (κ3) is 2.99. The van der Waals surface area contributed by atoms with Crippen molar-refractivity contribution in [1.82, 2.24) is 10.6 Å². The molecule has 1 amide bonds. The fourth-order valence-corrected chi connectivity index (χ4v) is 4.26. The van der Waals surface area contributed by atoms with E-state index in [1.54, 1.807) is 0 Å². The maximum absolute atomic E-state index is 12.5. The van der Waals surface area contributed by atoms with Crippen LogP contribution in [0.4, 0.5) is 0 Å². The summed E-state index contributed by atoms with van der Waals surface area (Å²) < 4.78 is 0. The normalized spacial score (nSPS) is 38.9. The molecule has 1 heterocycles. The van der Waals surface area contributed by atoms with Crippen molar-refractivity contribution in [2.24, 2.45) is 23.2 Å². The molecular weight excluding hydrogens is 272 g/mol. The van der Waals surface area contributed by atoms with Gasteiger partial charge in [0.25, 0.3) is 0 Å². The van der Waals surface area contributed by atoms with Crippen LogP contribution in [0.15, 0.2) is 0 Å². The second kappa shape index (κ2) is 6.23. The van der Waals surface area contributed by atoms with Crippen LogP contribution in [-0.2, 0) is 4.79 Å². The van der Waals surface area contributed by atoms with Crippen LogP contribution in [0, 0.1) is 23.2 Å². The predicted octanol–water partition coefficient (Wildman–Crippen LogP) is 2.74. The fourth-order valence-electron chi connectivity index (χ4n) is 4.26. The van der Waals surface area contributed by atoms with E-state index in [0.29, 0.717) is 29.2 Å². The van der Waals surface area contributed by atoms with Crippen molar-refractivity contribution in [3.63, 3.8) is 0 Å². The highest BCUT2D eigenvalue weighted by atomic mass is 35.5. The summed E-state index contributed by atoms with van der Waals surface area (Å²) in [5.41, 5.74) is 0.374. The Morgan fingerprint density at radius 3 is 2.60 bits per heavy atom. The topological polar surface area (TPSA) is 41.1 Å². The number of piperidine rings is 1. The average molecular weight is 301 g/mol. The van der Waals surface area contributed by atoms with E-state index in [0.717, 1.165) is 25.4 Å². The molecule has 3 nitrogen and oxygen atoms in total. The first-order chi connectivity index (χ1) is 9.12. The highest BCUT2D eigenvalue weighted by Gasteiger charge is 2.57. The van der Waals surface area contributed by atoms with Gasteiger partial charge in [0.15, 0.2) is 0 Å². The summed E-state index contributed by atoms with van der Waals surface area (Å²) in [6, 6.07) is 0.426. The molecule has 0 aromatic carbocycles. The van der Waals surface area contributed by atoms with Crippen LogP contribution in [0.3, 0.4) is 0 Å². The van der Waals surface area contributed by atoms with E-state index in [4.69, 9.17) is 0 Å². The smallest absolute Gasteiger partial charge is 0.223 e. The van der Waals surface area contributed by atoms with E-state index >= 15 is 0 Å². The number of nitrogens with one attached hydrogen (secondary N) is 2. The van der Waals surface area contributed by atoms with Gasteiger partial charge in [-0.2, -0.15) is 0 Å². The monoisotopic (exact) mass is 300 g/mol. The van der Waals surface area contributed by atoms with Crippen molar-refractivity contribution >= 4 is 18.3 Å². The van der Waals surface area contributed by atoms with Gasteiger partial charge in [-0.1, -0.05) is 26.7 Å². The first-order valence-corrected chi connectivity index (χ1v) is 8.13. The molecule has 0 aromatic heterocycles. The summed E-state index contributed by atoms with van der Waals surface area (Å²) in [6.45, 7) is 6.83. The van der Waals surface area contributed by atoms with Crippen molar-refractivity contribution < 1.29 is 4.79 Å². The Morgan fingerprint density at radius 2 is 1.90 bits per heavy atom. The molecule has 1 aliphatic heterocycles. The zero-order valence-corrected chi connectivity index (χ0v) is 13.6. The van der Waals surface area contributed by atoms with Gasteiger partial charge in [0.2, 0.25) is 5.91 Å². The quantitative estimate of drug-likeness (QED) is 0.823. The Balaban J connectivity index is 0.00000147. The van der Waals surface area contributed by atoms with Crippen LogP contribution in [-0.4, -0.2) is 25.0 Å². The Kier molecular flexibility index (Phi) is 5.01. The second-order valence-corrected chi connectivity index (χ2v) is 7.25. The number of amides is 1. The number of carbonyl (C=O) groups excluding carboxylic acids is 1. The zero-order valence-electron chi connectivity index (χ0n) is 12.8. The van der Waals surface area contributed by atoms with Gasteiger partial charge in [-0.05, 0) is 56.0 Å². The fraction of sp³-hybridized carbons (Fsp3) is 0.938. The molecule has 0 aromatic rings. The van der Waals surface area contributed by atoms with Gasteiger partial charge in [-0.25, -0.2) is 0 Å². The molecule has 2 saturated carbocycles. The van der Waals surface area contributed by atoms with E-state index in [2.05, 4.69) is 24.5 Å². The lowest BCUT2D eigenvalue weighted by Crippen LogP contribution is -2.45. The van der Waals surface area contributed by atoms with Gasteiger partial charge < -0.3 is 10.6 Å². The number of hydrogen-bond donors (Lipinski definition) is 2. The maximum atomic E-state index is 12.5. The minimum absolute atomic E-state index is 0. The second-order valence-electron chi connectivity index (χ2n) is 7.25. The lowest BCUT2D eigenvalue weighted by molar-refractivity contribution is -0.124. The summed E-state index contributed by atoms with van der Waals surface area (Å²) in [4.78, 5) is 12.5. The van der Waals surface area contributed by atoms with Gasteiger partial charge in [-0.3, -0.25) is 4.79 Å². The molecule has 4 unspecified atom stereocenters. The zero-order chi connectivity index (χ0) is 13.5. The van der Waals surface area contributed by atoms with Crippen LogP contribution in [0.1, 0.15) is 52.4 Å². The van der Waals surface area contributed by atoms with Crippen LogP contribution >= 0.6 is 12.4 Å². The third-order valence-electron chi connectivity index (χ3n) is 6.14. The standard InChI is InChI=1S/C16H28N2O.ClH/c1-11-4-3-5-14(12(11)2)18-15(19)13-10-16(13)6-8-17-9-7-16;/h11-14,17H,3-10H2,1-2H3,(H,18,19);1H. The highest BCUT2D eigenvalue weighted by molar-refractivity contribution is 5.85. The van der Waals surface area contributed by atoms with Crippen molar-refractivity contribution in [1.29, 1.82) is 0 Å². The van der Waals surface area contributed by atoms with Gasteiger partial charge in [0, 0.05) is 12.0 Å². The lowest BCUT2D eigenvalue weighted by Gasteiger charge is -2.35.